The van der Waals surface area contributed by atoms with Crippen LogP contribution in [0.25, 0.3) is 0 Å². The Bertz CT molecular complexity index is 715. The van der Waals surface area contributed by atoms with Gasteiger partial charge in [-0.05, 0) is 32.0 Å². The van der Waals surface area contributed by atoms with E-state index in [0.717, 1.165) is 18.3 Å². The second-order valence-electron chi connectivity index (χ2n) is 2.61. The summed E-state index contributed by atoms with van der Waals surface area (Å²) < 4.78 is 95.3. The highest BCUT2D eigenvalue weighted by molar-refractivity contribution is 5.52. The van der Waals surface area contributed by atoms with Crippen molar-refractivity contribution in [2.24, 2.45) is 0 Å². The van der Waals surface area contributed by atoms with Crippen LogP contribution in [0, 0.1) is 0 Å². The summed E-state index contributed by atoms with van der Waals surface area (Å²) in [6, 6.07) is -1.48. The molecule has 0 aliphatic carbocycles. The van der Waals surface area contributed by atoms with Gasteiger partial charge in [0.1, 0.15) is 5.82 Å². The number of rotatable bonds is 1. The molecular formula is C11H17N3. The third-order valence-electron chi connectivity index (χ3n) is 1.66. The summed E-state index contributed by atoms with van der Waals surface area (Å²) >= 11 is 0. The molecule has 1 aliphatic rings. The first-order valence-corrected chi connectivity index (χ1v) is 3.89. The molecule has 3 nitrogen and oxygen atoms in total. The lowest BCUT2D eigenvalue weighted by atomic mass is 10.0. The summed E-state index contributed by atoms with van der Waals surface area (Å²) in [4.78, 5) is 3.76. The van der Waals surface area contributed by atoms with E-state index in [-0.39, 0.29) is 10.7 Å². The van der Waals surface area contributed by atoms with Crippen LogP contribution in [0.2, 0.25) is 0 Å². The van der Waals surface area contributed by atoms with Gasteiger partial charge < -0.3 is 10.6 Å². The van der Waals surface area contributed by atoms with Crippen LogP contribution in [0.4, 0.5) is 11.5 Å². The first-order valence-electron chi connectivity index (χ1n) is 9.89. The standard InChI is InChI=1S/C11H17N3/c1-9-4-2-3-7-14(9)10-5-6-13-11(12)8-10/h5-6,8-9H,2-4,7H2,1H3,(H2,12,13)/i1D3,2D2,3D2,4D2,7D2,9D. The maximum Gasteiger partial charge on any atom is 0.125 e. The van der Waals surface area contributed by atoms with Gasteiger partial charge in [0.2, 0.25) is 0 Å². The number of hydrogen-bond acceptors (Lipinski definition) is 3. The molecule has 76 valence electrons. The maximum atomic E-state index is 8.41. The third-order valence-corrected chi connectivity index (χ3v) is 1.66. The maximum absolute atomic E-state index is 8.41. The largest absolute Gasteiger partial charge is 0.384 e. The normalized spacial score (nSPS) is 55.6. The number of hydrogen-bond donors (Lipinski definition) is 1. The van der Waals surface area contributed by atoms with Crippen LogP contribution >= 0.6 is 0 Å². The summed E-state index contributed by atoms with van der Waals surface area (Å²) in [5.74, 6) is -0.194. The minimum atomic E-state index is -3.64. The fraction of sp³-hybridized carbons (Fsp3) is 0.545. The van der Waals surface area contributed by atoms with Gasteiger partial charge in [0, 0.05) is 45.5 Å². The Kier molecular flexibility index (Phi) is 0.732. The first-order chi connectivity index (χ1) is 11.4. The summed E-state index contributed by atoms with van der Waals surface area (Å²) in [6.07, 6.45) is -9.74. The van der Waals surface area contributed by atoms with Crippen LogP contribution in [0.15, 0.2) is 18.3 Å². The molecule has 0 aromatic carbocycles. The number of aromatic nitrogens is 1. The molecule has 2 heterocycles. The molecule has 1 atom stereocenters. The molecule has 1 aliphatic heterocycles. The minimum absolute atomic E-state index is 0.104. The number of anilines is 2. The molecular weight excluding hydrogens is 174 g/mol. The number of nitrogen functional groups attached to an aromatic ring is 1. The number of piperidine rings is 1. The highest BCUT2D eigenvalue weighted by Crippen LogP contribution is 2.24. The topological polar surface area (TPSA) is 42.2 Å². The molecule has 1 saturated heterocycles. The smallest absolute Gasteiger partial charge is 0.125 e. The van der Waals surface area contributed by atoms with Crippen LogP contribution < -0.4 is 10.6 Å². The number of pyridine rings is 1. The van der Waals surface area contributed by atoms with Gasteiger partial charge in [-0.15, -0.1) is 0 Å². The van der Waals surface area contributed by atoms with Crippen molar-refractivity contribution >= 4 is 11.5 Å². The molecule has 1 aromatic heterocycles. The van der Waals surface area contributed by atoms with E-state index in [2.05, 4.69) is 4.98 Å². The lowest BCUT2D eigenvalue weighted by Gasteiger charge is -2.35. The van der Waals surface area contributed by atoms with E-state index in [0.29, 0.717) is 0 Å². The third kappa shape index (κ3) is 1.81. The Balaban J connectivity index is 2.97. The second kappa shape index (κ2) is 3.86. The molecule has 1 aromatic rings. The van der Waals surface area contributed by atoms with Crippen LogP contribution in [0.3, 0.4) is 0 Å². The predicted molar refractivity (Wildman–Crippen MR) is 59.3 cm³/mol. The summed E-state index contributed by atoms with van der Waals surface area (Å²) in [5.41, 5.74) is 5.11. The minimum Gasteiger partial charge on any atom is -0.384 e. The van der Waals surface area contributed by atoms with Gasteiger partial charge in [0.15, 0.2) is 0 Å². The average Bonchev–Trinajstić information content (AvgIpc) is 2.44. The summed E-state index contributed by atoms with van der Waals surface area (Å²) in [7, 11) is 0. The Labute approximate surface area is 102 Å². The van der Waals surface area contributed by atoms with Gasteiger partial charge in [-0.2, -0.15) is 0 Å². The van der Waals surface area contributed by atoms with E-state index in [1.54, 1.807) is 0 Å². The lowest BCUT2D eigenvalue weighted by molar-refractivity contribution is 0.485. The van der Waals surface area contributed by atoms with Crippen molar-refractivity contribution in [3.63, 3.8) is 0 Å². The van der Waals surface area contributed by atoms with Crippen molar-refractivity contribution in [1.82, 2.24) is 4.98 Å². The van der Waals surface area contributed by atoms with Gasteiger partial charge in [-0.3, -0.25) is 0 Å². The highest BCUT2D eigenvalue weighted by atomic mass is 15.2. The molecule has 0 spiro atoms. The molecule has 1 unspecified atom stereocenters. The number of nitrogens with zero attached hydrogens (tertiary/aromatic N) is 2. The summed E-state index contributed by atoms with van der Waals surface area (Å²) in [6.45, 7) is -6.96. The molecule has 1 fully saturated rings. The SMILES string of the molecule is [2H]C([2H])([2H])C1([2H])N(c2ccnc(N)c2)C([2H])([2H])C([2H])([2H])C([2H])([2H])C1([2H])[2H]. The molecule has 2 N–H and O–H groups in total. The zero-order chi connectivity index (χ0) is 20.6. The van der Waals surface area contributed by atoms with Crippen molar-refractivity contribution in [2.75, 3.05) is 17.1 Å². The quantitative estimate of drug-likeness (QED) is 0.759. The lowest BCUT2D eigenvalue weighted by Crippen LogP contribution is -2.37. The Morgan fingerprint density at radius 2 is 2.71 bits per heavy atom. The van der Waals surface area contributed by atoms with Crippen LogP contribution in [-0.4, -0.2) is 17.5 Å². The zero-order valence-electron chi connectivity index (χ0n) is 19.2. The molecule has 0 amide bonds. The van der Waals surface area contributed by atoms with E-state index < -0.39 is 44.2 Å². The van der Waals surface area contributed by atoms with E-state index in [1.165, 1.54) is 0 Å². The monoisotopic (exact) mass is 203 g/mol. The van der Waals surface area contributed by atoms with Crippen molar-refractivity contribution in [3.8, 4) is 0 Å². The molecule has 3 heteroatoms. The molecule has 0 saturated carbocycles. The van der Waals surface area contributed by atoms with Crippen LogP contribution in [0.1, 0.15) is 42.4 Å². The van der Waals surface area contributed by atoms with Crippen molar-refractivity contribution in [1.29, 1.82) is 0 Å². The number of nitrogens with two attached hydrogens (primary N) is 1. The van der Waals surface area contributed by atoms with Gasteiger partial charge in [-0.1, -0.05) is 0 Å². The van der Waals surface area contributed by atoms with E-state index in [9.17, 15) is 0 Å². The Morgan fingerprint density at radius 3 is 3.50 bits per heavy atom. The predicted octanol–water partition coefficient (Wildman–Crippen LogP) is 2.04. The molecule has 14 heavy (non-hydrogen) atoms. The van der Waals surface area contributed by atoms with E-state index >= 15 is 0 Å². The van der Waals surface area contributed by atoms with E-state index in [1.807, 2.05) is 0 Å². The highest BCUT2D eigenvalue weighted by Gasteiger charge is 2.18. The molecule has 2 rings (SSSR count). The van der Waals surface area contributed by atoms with Gasteiger partial charge in [-0.25, -0.2) is 4.98 Å². The van der Waals surface area contributed by atoms with Crippen molar-refractivity contribution < 1.29 is 16.4 Å². The van der Waals surface area contributed by atoms with Crippen LogP contribution in [0.5, 0.6) is 0 Å². The summed E-state index contributed by atoms with van der Waals surface area (Å²) in [5, 5.41) is 0. The van der Waals surface area contributed by atoms with Crippen LogP contribution in [-0.2, 0) is 0 Å². The average molecular weight is 203 g/mol. The van der Waals surface area contributed by atoms with Gasteiger partial charge >= 0.3 is 0 Å². The molecule has 0 bridgehead atoms. The van der Waals surface area contributed by atoms with Gasteiger partial charge in [0.25, 0.3) is 0 Å². The second-order valence-corrected chi connectivity index (χ2v) is 2.61. The first kappa shape index (κ1) is 2.65. The zero-order valence-corrected chi connectivity index (χ0v) is 7.20. The van der Waals surface area contributed by atoms with E-state index in [4.69, 9.17) is 22.2 Å². The Morgan fingerprint density at radius 1 is 1.79 bits per heavy atom. The Hall–Kier alpha value is -1.25. The van der Waals surface area contributed by atoms with Gasteiger partial charge in [0.05, 0.1) is 1.37 Å². The molecule has 0 radical (unpaired) electrons. The fourth-order valence-electron chi connectivity index (χ4n) is 1.06. The van der Waals surface area contributed by atoms with Crippen molar-refractivity contribution in [2.45, 2.75) is 32.0 Å². The fourth-order valence-corrected chi connectivity index (χ4v) is 1.06. The van der Waals surface area contributed by atoms with Crippen molar-refractivity contribution in [3.05, 3.63) is 18.3 Å².